The molecule has 3 rings (SSSR count). The molecule has 0 amide bonds. The molecule has 2 nitrogen and oxygen atoms in total. The Morgan fingerprint density at radius 2 is 1.58 bits per heavy atom. The van der Waals surface area contributed by atoms with Crippen LogP contribution in [0.25, 0.3) is 0 Å². The lowest BCUT2D eigenvalue weighted by atomic mass is 9.77. The normalized spacial score (nSPS) is 19.5. The molecule has 0 bridgehead atoms. The molecular formula is C25H28F6O2. The predicted molar refractivity (Wildman–Crippen MR) is 113 cm³/mol. The van der Waals surface area contributed by atoms with E-state index in [0.717, 1.165) is 61.4 Å². The van der Waals surface area contributed by atoms with Gasteiger partial charge in [0.1, 0.15) is 11.6 Å². The van der Waals surface area contributed by atoms with Gasteiger partial charge in [-0.3, -0.25) is 0 Å². The molecule has 1 saturated carbocycles. The van der Waals surface area contributed by atoms with Gasteiger partial charge in [-0.05, 0) is 66.8 Å². The summed E-state index contributed by atoms with van der Waals surface area (Å²) >= 11 is 0. The zero-order chi connectivity index (χ0) is 24.1. The Morgan fingerprint density at radius 1 is 0.909 bits per heavy atom. The first kappa shape index (κ1) is 25.4. The quantitative estimate of drug-likeness (QED) is 0.342. The van der Waals surface area contributed by atoms with Gasteiger partial charge in [-0.1, -0.05) is 44.0 Å². The summed E-state index contributed by atoms with van der Waals surface area (Å²) in [6, 6.07) is 8.79. The minimum atomic E-state index is -4.86. The molecule has 33 heavy (non-hydrogen) atoms. The molecule has 0 N–H and O–H groups in total. The third-order valence-electron chi connectivity index (χ3n) is 6.10. The molecule has 1 fully saturated rings. The van der Waals surface area contributed by atoms with Gasteiger partial charge in [0.2, 0.25) is 0 Å². The van der Waals surface area contributed by atoms with E-state index in [1.54, 1.807) is 6.07 Å². The minimum Gasteiger partial charge on any atom is -0.406 e. The van der Waals surface area contributed by atoms with Crippen molar-refractivity contribution < 1.29 is 35.8 Å². The average Bonchev–Trinajstić information content (AvgIpc) is 2.74. The molecule has 0 aliphatic heterocycles. The highest BCUT2D eigenvalue weighted by molar-refractivity contribution is 5.28. The minimum absolute atomic E-state index is 0.0343. The van der Waals surface area contributed by atoms with Crippen LogP contribution in [0.1, 0.15) is 68.1 Å². The van der Waals surface area contributed by atoms with Crippen molar-refractivity contribution in [3.63, 3.8) is 0 Å². The highest BCUT2D eigenvalue weighted by atomic mass is 19.4. The zero-order valence-electron chi connectivity index (χ0n) is 18.4. The van der Waals surface area contributed by atoms with E-state index in [-0.39, 0.29) is 17.0 Å². The fourth-order valence-corrected chi connectivity index (χ4v) is 4.41. The number of alkyl halides is 5. The zero-order valence-corrected chi connectivity index (χ0v) is 18.4. The summed E-state index contributed by atoms with van der Waals surface area (Å²) in [6.07, 6.45) is -2.69. The Labute approximate surface area is 189 Å². The summed E-state index contributed by atoms with van der Waals surface area (Å²) < 4.78 is 87.9. The molecule has 0 saturated heterocycles. The highest BCUT2D eigenvalue weighted by Crippen LogP contribution is 2.38. The Kier molecular flexibility index (Phi) is 8.32. The maximum absolute atomic E-state index is 14.6. The van der Waals surface area contributed by atoms with Gasteiger partial charge in [0, 0.05) is 5.56 Å². The third kappa shape index (κ3) is 7.95. The first-order valence-corrected chi connectivity index (χ1v) is 11.2. The standard InChI is InChI=1S/C25H28F6O2/c1-2-3-17-4-8-19(9-5-17)20-10-11-21(23(26)14-20)16-32-24(27,28)15-18-6-12-22(13-7-18)33-25(29,30)31/h6-7,10-14,17,19H,2-5,8-9,15-16H2,1H3. The van der Waals surface area contributed by atoms with E-state index in [1.165, 1.54) is 25.0 Å². The second-order valence-electron chi connectivity index (χ2n) is 8.65. The Hall–Kier alpha value is -2.22. The fraction of sp³-hybridized carbons (Fsp3) is 0.520. The van der Waals surface area contributed by atoms with Crippen LogP contribution >= 0.6 is 0 Å². The highest BCUT2D eigenvalue weighted by Gasteiger charge is 2.33. The van der Waals surface area contributed by atoms with Crippen LogP contribution in [0.15, 0.2) is 42.5 Å². The van der Waals surface area contributed by atoms with E-state index < -0.39 is 37.1 Å². The number of hydrogen-bond acceptors (Lipinski definition) is 2. The second-order valence-corrected chi connectivity index (χ2v) is 8.65. The van der Waals surface area contributed by atoms with E-state index in [1.807, 2.05) is 0 Å². The molecule has 0 heterocycles. The van der Waals surface area contributed by atoms with Crippen LogP contribution in [-0.2, 0) is 17.8 Å². The van der Waals surface area contributed by atoms with Gasteiger partial charge < -0.3 is 9.47 Å². The maximum atomic E-state index is 14.6. The lowest BCUT2D eigenvalue weighted by Crippen LogP contribution is -2.24. The molecule has 1 aliphatic carbocycles. The van der Waals surface area contributed by atoms with Crippen molar-refractivity contribution in [3.8, 4) is 5.75 Å². The molecule has 0 spiro atoms. The third-order valence-corrected chi connectivity index (χ3v) is 6.10. The van der Waals surface area contributed by atoms with Crippen molar-refractivity contribution in [1.29, 1.82) is 0 Å². The van der Waals surface area contributed by atoms with Crippen molar-refractivity contribution in [2.45, 2.75) is 76.9 Å². The van der Waals surface area contributed by atoms with Crippen molar-refractivity contribution in [2.24, 2.45) is 5.92 Å². The first-order chi connectivity index (χ1) is 15.5. The number of rotatable bonds is 9. The SMILES string of the molecule is CCCC1CCC(c2ccc(COC(F)(F)Cc3ccc(OC(F)(F)F)cc3)c(F)c2)CC1. The molecule has 2 aromatic rings. The van der Waals surface area contributed by atoms with Crippen LogP contribution in [0.2, 0.25) is 0 Å². The summed E-state index contributed by atoms with van der Waals surface area (Å²) in [7, 11) is 0. The van der Waals surface area contributed by atoms with Crippen molar-refractivity contribution in [1.82, 2.24) is 0 Å². The molecule has 0 aromatic heterocycles. The van der Waals surface area contributed by atoms with E-state index in [2.05, 4.69) is 16.4 Å². The largest absolute Gasteiger partial charge is 0.573 e. The molecule has 8 heteroatoms. The van der Waals surface area contributed by atoms with Crippen molar-refractivity contribution >= 4 is 0 Å². The van der Waals surface area contributed by atoms with Gasteiger partial charge in [0.05, 0.1) is 13.0 Å². The van der Waals surface area contributed by atoms with Gasteiger partial charge in [-0.15, -0.1) is 13.2 Å². The van der Waals surface area contributed by atoms with Crippen LogP contribution in [0.3, 0.4) is 0 Å². The molecule has 0 unspecified atom stereocenters. The molecule has 1 aliphatic rings. The van der Waals surface area contributed by atoms with Gasteiger partial charge in [0.15, 0.2) is 0 Å². The van der Waals surface area contributed by atoms with Crippen LogP contribution in [0.5, 0.6) is 5.75 Å². The lowest BCUT2D eigenvalue weighted by Gasteiger charge is -2.28. The molecule has 182 valence electrons. The van der Waals surface area contributed by atoms with Gasteiger partial charge in [-0.2, -0.15) is 8.78 Å². The first-order valence-electron chi connectivity index (χ1n) is 11.2. The number of hydrogen-bond donors (Lipinski definition) is 0. The van der Waals surface area contributed by atoms with E-state index in [4.69, 9.17) is 0 Å². The summed E-state index contributed by atoms with van der Waals surface area (Å²) in [5.41, 5.74) is 0.982. The summed E-state index contributed by atoms with van der Waals surface area (Å²) in [6.45, 7) is 1.56. The Bertz CT molecular complexity index is 887. The lowest BCUT2D eigenvalue weighted by molar-refractivity contribution is -0.274. The van der Waals surface area contributed by atoms with E-state index >= 15 is 0 Å². The number of halogens is 6. The number of benzene rings is 2. The second kappa shape index (κ2) is 10.8. The average molecular weight is 474 g/mol. The van der Waals surface area contributed by atoms with E-state index in [0.29, 0.717) is 0 Å². The van der Waals surface area contributed by atoms with Gasteiger partial charge in [0.25, 0.3) is 0 Å². The molecule has 0 radical (unpaired) electrons. The smallest absolute Gasteiger partial charge is 0.406 e. The maximum Gasteiger partial charge on any atom is 0.573 e. The Morgan fingerprint density at radius 3 is 2.15 bits per heavy atom. The number of ether oxygens (including phenoxy) is 2. The van der Waals surface area contributed by atoms with Gasteiger partial charge >= 0.3 is 12.5 Å². The van der Waals surface area contributed by atoms with Crippen LogP contribution in [-0.4, -0.2) is 12.5 Å². The van der Waals surface area contributed by atoms with E-state index in [9.17, 15) is 26.3 Å². The summed E-state index contributed by atoms with van der Waals surface area (Å²) in [5, 5.41) is 0. The predicted octanol–water partition coefficient (Wildman–Crippen LogP) is 8.15. The van der Waals surface area contributed by atoms with Crippen LogP contribution < -0.4 is 4.74 Å². The molecule has 2 aromatic carbocycles. The monoisotopic (exact) mass is 474 g/mol. The van der Waals surface area contributed by atoms with Gasteiger partial charge in [-0.25, -0.2) is 4.39 Å². The molecular weight excluding hydrogens is 446 g/mol. The molecule has 0 atom stereocenters. The van der Waals surface area contributed by atoms with Crippen LogP contribution in [0, 0.1) is 11.7 Å². The summed E-state index contributed by atoms with van der Waals surface area (Å²) in [4.78, 5) is 0. The van der Waals surface area contributed by atoms with Crippen LogP contribution in [0.4, 0.5) is 26.3 Å². The topological polar surface area (TPSA) is 18.5 Å². The fourth-order valence-electron chi connectivity index (χ4n) is 4.41. The van der Waals surface area contributed by atoms with Crippen molar-refractivity contribution in [3.05, 3.63) is 65.0 Å². The Balaban J connectivity index is 1.53. The summed E-state index contributed by atoms with van der Waals surface area (Å²) in [5.74, 6) is -0.0585. The van der Waals surface area contributed by atoms with Crippen molar-refractivity contribution in [2.75, 3.05) is 0 Å².